The number of hydrogen-bond acceptors (Lipinski definition) is 4. The fourth-order valence-corrected chi connectivity index (χ4v) is 2.23. The molecule has 0 amide bonds. The van der Waals surface area contributed by atoms with E-state index in [0.29, 0.717) is 5.92 Å². The Kier molecular flexibility index (Phi) is 3.24. The van der Waals surface area contributed by atoms with E-state index in [1.807, 2.05) is 0 Å². The second kappa shape index (κ2) is 4.64. The van der Waals surface area contributed by atoms with Crippen LogP contribution in [0.3, 0.4) is 0 Å². The topological polar surface area (TPSA) is 36.9 Å². The number of hydrogen-bond donors (Lipinski definition) is 1. The van der Waals surface area contributed by atoms with Crippen molar-refractivity contribution in [1.82, 2.24) is 10.2 Å². The van der Waals surface area contributed by atoms with E-state index < -0.39 is 0 Å². The third-order valence-electron chi connectivity index (χ3n) is 2.88. The van der Waals surface area contributed by atoms with Crippen LogP contribution in [0.25, 0.3) is 0 Å². The SMILES string of the molecule is COCC1CCCN(C2=NCCN2)C1. The van der Waals surface area contributed by atoms with Crippen molar-refractivity contribution < 1.29 is 4.74 Å². The largest absolute Gasteiger partial charge is 0.384 e. The summed E-state index contributed by atoms with van der Waals surface area (Å²) in [5, 5.41) is 3.32. The molecule has 0 saturated carbocycles. The predicted octanol–water partition coefficient (Wildman–Crippen LogP) is 0.304. The Labute approximate surface area is 85.3 Å². The molecule has 1 unspecified atom stereocenters. The first-order valence-electron chi connectivity index (χ1n) is 5.42. The molecule has 2 heterocycles. The Bertz CT molecular complexity index is 215. The zero-order valence-electron chi connectivity index (χ0n) is 8.83. The van der Waals surface area contributed by atoms with Gasteiger partial charge in [-0.05, 0) is 18.8 Å². The number of likely N-dealkylation sites (tertiary alicyclic amines) is 1. The highest BCUT2D eigenvalue weighted by Crippen LogP contribution is 2.17. The Morgan fingerprint density at radius 2 is 2.57 bits per heavy atom. The highest BCUT2D eigenvalue weighted by atomic mass is 16.5. The average Bonchev–Trinajstić information content (AvgIpc) is 2.71. The van der Waals surface area contributed by atoms with Crippen LogP contribution < -0.4 is 5.32 Å². The second-order valence-electron chi connectivity index (χ2n) is 4.04. The van der Waals surface area contributed by atoms with Gasteiger partial charge in [0.2, 0.25) is 0 Å². The number of methoxy groups -OCH3 is 1. The number of nitrogens with one attached hydrogen (secondary N) is 1. The molecule has 0 aromatic rings. The van der Waals surface area contributed by atoms with E-state index in [4.69, 9.17) is 4.74 Å². The minimum absolute atomic E-state index is 0.679. The maximum atomic E-state index is 5.21. The fraction of sp³-hybridized carbons (Fsp3) is 0.900. The van der Waals surface area contributed by atoms with Crippen molar-refractivity contribution in [2.45, 2.75) is 12.8 Å². The molecule has 2 aliphatic heterocycles. The molecular formula is C10H19N3O. The van der Waals surface area contributed by atoms with Gasteiger partial charge in [-0.25, -0.2) is 0 Å². The Morgan fingerprint density at radius 1 is 1.64 bits per heavy atom. The molecule has 4 heteroatoms. The Morgan fingerprint density at radius 3 is 3.29 bits per heavy atom. The molecule has 2 aliphatic rings. The van der Waals surface area contributed by atoms with Gasteiger partial charge in [0.05, 0.1) is 13.2 Å². The summed E-state index contributed by atoms with van der Waals surface area (Å²) in [6.07, 6.45) is 2.55. The van der Waals surface area contributed by atoms with Crippen LogP contribution in [0, 0.1) is 5.92 Å². The van der Waals surface area contributed by atoms with Crippen LogP contribution in [0.2, 0.25) is 0 Å². The summed E-state index contributed by atoms with van der Waals surface area (Å²) in [5.74, 6) is 1.78. The molecular weight excluding hydrogens is 178 g/mol. The third kappa shape index (κ3) is 2.18. The fourth-order valence-electron chi connectivity index (χ4n) is 2.23. The molecule has 2 rings (SSSR count). The molecule has 14 heavy (non-hydrogen) atoms. The van der Waals surface area contributed by atoms with Gasteiger partial charge in [0.25, 0.3) is 0 Å². The first-order valence-corrected chi connectivity index (χ1v) is 5.42. The number of rotatable bonds is 2. The molecule has 80 valence electrons. The Hall–Kier alpha value is -0.770. The maximum absolute atomic E-state index is 5.21. The van der Waals surface area contributed by atoms with E-state index in [0.717, 1.165) is 38.7 Å². The average molecular weight is 197 g/mol. The molecule has 1 fully saturated rings. The number of ether oxygens (including phenoxy) is 1. The van der Waals surface area contributed by atoms with Gasteiger partial charge in [-0.15, -0.1) is 0 Å². The minimum atomic E-state index is 0.679. The number of guanidine groups is 1. The van der Waals surface area contributed by atoms with Gasteiger partial charge >= 0.3 is 0 Å². The van der Waals surface area contributed by atoms with Crippen LogP contribution in [0.15, 0.2) is 4.99 Å². The summed E-state index contributed by atoms with van der Waals surface area (Å²) >= 11 is 0. The number of nitrogens with zero attached hydrogens (tertiary/aromatic N) is 2. The molecule has 1 atom stereocenters. The maximum Gasteiger partial charge on any atom is 0.194 e. The molecule has 0 spiro atoms. The van der Waals surface area contributed by atoms with E-state index in [1.165, 1.54) is 12.8 Å². The van der Waals surface area contributed by atoms with Crippen molar-refractivity contribution in [2.75, 3.05) is 39.9 Å². The standard InChI is InChI=1S/C10H19N3O/c1-14-8-9-3-2-6-13(7-9)10-11-4-5-12-10/h9H,2-8H2,1H3,(H,11,12). The lowest BCUT2D eigenvalue weighted by Gasteiger charge is -2.33. The van der Waals surface area contributed by atoms with E-state index in [-0.39, 0.29) is 0 Å². The summed E-state index contributed by atoms with van der Waals surface area (Å²) < 4.78 is 5.21. The molecule has 0 aromatic heterocycles. The molecule has 1 N–H and O–H groups in total. The van der Waals surface area contributed by atoms with E-state index in [9.17, 15) is 0 Å². The van der Waals surface area contributed by atoms with Crippen molar-refractivity contribution in [1.29, 1.82) is 0 Å². The quantitative estimate of drug-likeness (QED) is 0.692. The van der Waals surface area contributed by atoms with Gasteiger partial charge < -0.3 is 15.0 Å². The molecule has 4 nitrogen and oxygen atoms in total. The van der Waals surface area contributed by atoms with Crippen LogP contribution in [0.5, 0.6) is 0 Å². The lowest BCUT2D eigenvalue weighted by molar-refractivity contribution is 0.114. The normalized spacial score (nSPS) is 27.4. The van der Waals surface area contributed by atoms with Crippen LogP contribution in [-0.4, -0.2) is 50.8 Å². The van der Waals surface area contributed by atoms with E-state index in [1.54, 1.807) is 7.11 Å². The van der Waals surface area contributed by atoms with Crippen molar-refractivity contribution in [2.24, 2.45) is 10.9 Å². The zero-order valence-corrected chi connectivity index (χ0v) is 8.83. The van der Waals surface area contributed by atoms with Crippen LogP contribution in [0.4, 0.5) is 0 Å². The van der Waals surface area contributed by atoms with Gasteiger partial charge in [0.1, 0.15) is 0 Å². The Balaban J connectivity index is 1.86. The molecule has 1 saturated heterocycles. The van der Waals surface area contributed by atoms with Gasteiger partial charge in [-0.1, -0.05) is 0 Å². The van der Waals surface area contributed by atoms with Gasteiger partial charge in [-0.3, -0.25) is 4.99 Å². The number of aliphatic imine (C=N–C) groups is 1. The monoisotopic (exact) mass is 197 g/mol. The van der Waals surface area contributed by atoms with Gasteiger partial charge in [-0.2, -0.15) is 0 Å². The smallest absolute Gasteiger partial charge is 0.194 e. The summed E-state index contributed by atoms with van der Waals surface area (Å²) in [4.78, 5) is 6.81. The first kappa shape index (κ1) is 9.77. The highest BCUT2D eigenvalue weighted by molar-refractivity contribution is 5.81. The molecule has 0 aliphatic carbocycles. The summed E-state index contributed by atoms with van der Waals surface area (Å²) in [6, 6.07) is 0. The predicted molar refractivity (Wildman–Crippen MR) is 56.5 cm³/mol. The van der Waals surface area contributed by atoms with Gasteiger partial charge in [0.15, 0.2) is 5.96 Å². The van der Waals surface area contributed by atoms with E-state index in [2.05, 4.69) is 15.2 Å². The molecule has 0 aromatic carbocycles. The summed E-state index contributed by atoms with van der Waals surface area (Å²) in [7, 11) is 1.78. The molecule has 0 bridgehead atoms. The lowest BCUT2D eigenvalue weighted by Crippen LogP contribution is -2.45. The third-order valence-corrected chi connectivity index (χ3v) is 2.88. The molecule has 0 radical (unpaired) electrons. The van der Waals surface area contributed by atoms with Crippen molar-refractivity contribution in [3.05, 3.63) is 0 Å². The lowest BCUT2D eigenvalue weighted by atomic mass is 9.99. The summed E-state index contributed by atoms with van der Waals surface area (Å²) in [6.45, 7) is 5.05. The van der Waals surface area contributed by atoms with Crippen LogP contribution in [-0.2, 0) is 4.74 Å². The van der Waals surface area contributed by atoms with Crippen molar-refractivity contribution >= 4 is 5.96 Å². The van der Waals surface area contributed by atoms with Gasteiger partial charge in [0, 0.05) is 26.7 Å². The number of piperidine rings is 1. The zero-order chi connectivity index (χ0) is 9.80. The minimum Gasteiger partial charge on any atom is -0.384 e. The highest BCUT2D eigenvalue weighted by Gasteiger charge is 2.23. The first-order chi connectivity index (χ1) is 6.90. The van der Waals surface area contributed by atoms with Crippen LogP contribution in [0.1, 0.15) is 12.8 Å². The van der Waals surface area contributed by atoms with Crippen LogP contribution >= 0.6 is 0 Å². The summed E-state index contributed by atoms with van der Waals surface area (Å²) in [5.41, 5.74) is 0. The van der Waals surface area contributed by atoms with E-state index >= 15 is 0 Å². The van der Waals surface area contributed by atoms with Crippen molar-refractivity contribution in [3.8, 4) is 0 Å². The van der Waals surface area contributed by atoms with Crippen molar-refractivity contribution in [3.63, 3.8) is 0 Å². The second-order valence-corrected chi connectivity index (χ2v) is 4.04.